The van der Waals surface area contributed by atoms with Crippen molar-refractivity contribution in [2.75, 3.05) is 5.32 Å². The highest BCUT2D eigenvalue weighted by Crippen LogP contribution is 2.16. The highest BCUT2D eigenvalue weighted by atomic mass is 19.2. The van der Waals surface area contributed by atoms with E-state index < -0.39 is 11.6 Å². The van der Waals surface area contributed by atoms with E-state index >= 15 is 0 Å². The Kier molecular flexibility index (Phi) is 3.05. The zero-order valence-corrected chi connectivity index (χ0v) is 8.32. The lowest BCUT2D eigenvalue weighted by Crippen LogP contribution is -2.05. The first kappa shape index (κ1) is 10.5. The van der Waals surface area contributed by atoms with Crippen molar-refractivity contribution in [2.24, 2.45) is 0 Å². The molecule has 0 aliphatic rings. The molecule has 2 aromatic rings. The number of hydrogen-bond acceptors (Lipinski definition) is 3. The van der Waals surface area contributed by atoms with E-state index in [1.165, 1.54) is 12.1 Å². The summed E-state index contributed by atoms with van der Waals surface area (Å²) in [5.74, 6) is -1.25. The third kappa shape index (κ3) is 2.31. The molecule has 0 atom stereocenters. The van der Waals surface area contributed by atoms with Crippen LogP contribution in [0.4, 0.5) is 14.5 Å². The monoisotopic (exact) mass is 221 g/mol. The summed E-state index contributed by atoms with van der Waals surface area (Å²) < 4.78 is 26.1. The number of nitrogens with one attached hydrogen (secondary N) is 1. The molecular formula is C11H9F2N3. The van der Waals surface area contributed by atoms with Gasteiger partial charge < -0.3 is 5.32 Å². The SMILES string of the molecule is Fc1cccc(NCc2ncccn2)c1F. The lowest BCUT2D eigenvalue weighted by atomic mass is 10.3. The van der Waals surface area contributed by atoms with Crippen LogP contribution in [0.25, 0.3) is 0 Å². The molecule has 0 amide bonds. The highest BCUT2D eigenvalue weighted by molar-refractivity contribution is 5.44. The maximum absolute atomic E-state index is 13.2. The highest BCUT2D eigenvalue weighted by Gasteiger charge is 2.06. The minimum atomic E-state index is -0.890. The predicted molar refractivity (Wildman–Crippen MR) is 55.7 cm³/mol. The Labute approximate surface area is 91.2 Å². The molecular weight excluding hydrogens is 212 g/mol. The summed E-state index contributed by atoms with van der Waals surface area (Å²) in [7, 11) is 0. The molecule has 0 radical (unpaired) electrons. The van der Waals surface area contributed by atoms with E-state index in [1.54, 1.807) is 18.5 Å². The van der Waals surface area contributed by atoms with Crippen molar-refractivity contribution < 1.29 is 8.78 Å². The largest absolute Gasteiger partial charge is 0.375 e. The molecule has 1 N–H and O–H groups in total. The fourth-order valence-electron chi connectivity index (χ4n) is 1.24. The van der Waals surface area contributed by atoms with Crippen LogP contribution in [0.2, 0.25) is 0 Å². The van der Waals surface area contributed by atoms with Crippen molar-refractivity contribution in [3.05, 3.63) is 54.1 Å². The number of hydrogen-bond donors (Lipinski definition) is 1. The van der Waals surface area contributed by atoms with Crippen molar-refractivity contribution in [3.63, 3.8) is 0 Å². The van der Waals surface area contributed by atoms with Gasteiger partial charge in [0.25, 0.3) is 0 Å². The van der Waals surface area contributed by atoms with Crippen LogP contribution in [-0.4, -0.2) is 9.97 Å². The standard InChI is InChI=1S/C11H9F2N3/c12-8-3-1-4-9(11(8)13)16-7-10-14-5-2-6-15-10/h1-6,16H,7H2. The molecule has 0 saturated carbocycles. The molecule has 0 fully saturated rings. The second-order valence-corrected chi connectivity index (χ2v) is 3.12. The van der Waals surface area contributed by atoms with E-state index in [9.17, 15) is 8.78 Å². The molecule has 1 aromatic carbocycles. The quantitative estimate of drug-likeness (QED) is 0.864. The van der Waals surface area contributed by atoms with Crippen LogP contribution in [-0.2, 0) is 6.54 Å². The second-order valence-electron chi connectivity index (χ2n) is 3.12. The van der Waals surface area contributed by atoms with Crippen molar-refractivity contribution in [1.29, 1.82) is 0 Å². The number of halogens is 2. The van der Waals surface area contributed by atoms with E-state index in [1.807, 2.05) is 0 Å². The maximum Gasteiger partial charge on any atom is 0.181 e. The van der Waals surface area contributed by atoms with Crippen LogP contribution in [0.5, 0.6) is 0 Å². The van der Waals surface area contributed by atoms with Gasteiger partial charge in [0.2, 0.25) is 0 Å². The van der Waals surface area contributed by atoms with Crippen LogP contribution >= 0.6 is 0 Å². The van der Waals surface area contributed by atoms with Gasteiger partial charge in [0.15, 0.2) is 11.6 Å². The average Bonchev–Trinajstić information content (AvgIpc) is 2.32. The van der Waals surface area contributed by atoms with Crippen LogP contribution in [0, 0.1) is 11.6 Å². The number of anilines is 1. The van der Waals surface area contributed by atoms with Crippen molar-refractivity contribution in [1.82, 2.24) is 9.97 Å². The lowest BCUT2D eigenvalue weighted by molar-refractivity contribution is 0.511. The molecule has 0 bridgehead atoms. The summed E-state index contributed by atoms with van der Waals surface area (Å²) in [6, 6.07) is 5.65. The third-order valence-corrected chi connectivity index (χ3v) is 2.01. The molecule has 0 spiro atoms. The van der Waals surface area contributed by atoms with Gasteiger partial charge in [-0.1, -0.05) is 6.07 Å². The van der Waals surface area contributed by atoms with Gasteiger partial charge in [-0.05, 0) is 18.2 Å². The van der Waals surface area contributed by atoms with Crippen LogP contribution in [0.3, 0.4) is 0 Å². The topological polar surface area (TPSA) is 37.8 Å². The van der Waals surface area contributed by atoms with E-state index in [2.05, 4.69) is 15.3 Å². The van der Waals surface area contributed by atoms with Gasteiger partial charge >= 0.3 is 0 Å². The summed E-state index contributed by atoms with van der Waals surface area (Å²) in [6.45, 7) is 0.251. The molecule has 0 aliphatic heterocycles. The molecule has 5 heteroatoms. The Morgan fingerprint density at radius 1 is 1.06 bits per heavy atom. The molecule has 1 aromatic heterocycles. The summed E-state index contributed by atoms with van der Waals surface area (Å²) in [6.07, 6.45) is 3.18. The Balaban J connectivity index is 2.08. The summed E-state index contributed by atoms with van der Waals surface area (Å²) in [5, 5.41) is 2.73. The lowest BCUT2D eigenvalue weighted by Gasteiger charge is -2.06. The van der Waals surface area contributed by atoms with E-state index in [0.717, 1.165) is 6.07 Å². The summed E-state index contributed by atoms with van der Waals surface area (Å²) in [4.78, 5) is 7.91. The molecule has 0 saturated heterocycles. The number of benzene rings is 1. The van der Waals surface area contributed by atoms with Gasteiger partial charge in [-0.2, -0.15) is 0 Å². The number of nitrogens with zero attached hydrogens (tertiary/aromatic N) is 2. The second kappa shape index (κ2) is 4.65. The molecule has 82 valence electrons. The molecule has 16 heavy (non-hydrogen) atoms. The Morgan fingerprint density at radius 3 is 2.56 bits per heavy atom. The zero-order valence-electron chi connectivity index (χ0n) is 8.32. The van der Waals surface area contributed by atoms with E-state index in [-0.39, 0.29) is 12.2 Å². The molecule has 0 unspecified atom stereocenters. The minimum absolute atomic E-state index is 0.104. The van der Waals surface area contributed by atoms with E-state index in [0.29, 0.717) is 5.82 Å². The fraction of sp³-hybridized carbons (Fsp3) is 0.0909. The smallest absolute Gasteiger partial charge is 0.181 e. The fourth-order valence-corrected chi connectivity index (χ4v) is 1.24. The first-order valence-corrected chi connectivity index (χ1v) is 4.71. The Morgan fingerprint density at radius 2 is 1.81 bits per heavy atom. The van der Waals surface area contributed by atoms with Crippen LogP contribution in [0.1, 0.15) is 5.82 Å². The number of rotatable bonds is 3. The van der Waals surface area contributed by atoms with Crippen molar-refractivity contribution in [3.8, 4) is 0 Å². The Bertz CT molecular complexity index is 474. The molecule has 2 rings (SSSR count). The summed E-state index contributed by atoms with van der Waals surface area (Å²) >= 11 is 0. The van der Waals surface area contributed by atoms with Gasteiger partial charge in [0, 0.05) is 12.4 Å². The van der Waals surface area contributed by atoms with Gasteiger partial charge in [-0.15, -0.1) is 0 Å². The van der Waals surface area contributed by atoms with Crippen molar-refractivity contribution in [2.45, 2.75) is 6.54 Å². The first-order chi connectivity index (χ1) is 7.77. The van der Waals surface area contributed by atoms with Gasteiger partial charge in [-0.25, -0.2) is 18.7 Å². The van der Waals surface area contributed by atoms with E-state index in [4.69, 9.17) is 0 Å². The van der Waals surface area contributed by atoms with Gasteiger partial charge in [0.05, 0.1) is 12.2 Å². The predicted octanol–water partition coefficient (Wildman–Crippen LogP) is 2.37. The zero-order chi connectivity index (χ0) is 11.4. The normalized spacial score (nSPS) is 10.1. The molecule has 3 nitrogen and oxygen atoms in total. The minimum Gasteiger partial charge on any atom is -0.375 e. The van der Waals surface area contributed by atoms with Crippen LogP contribution < -0.4 is 5.32 Å². The molecule has 0 aliphatic carbocycles. The first-order valence-electron chi connectivity index (χ1n) is 4.71. The average molecular weight is 221 g/mol. The van der Waals surface area contributed by atoms with Gasteiger partial charge in [-0.3, -0.25) is 0 Å². The third-order valence-electron chi connectivity index (χ3n) is 2.01. The summed E-state index contributed by atoms with van der Waals surface area (Å²) in [5.41, 5.74) is 0.104. The maximum atomic E-state index is 13.2. The Hall–Kier alpha value is -2.04. The van der Waals surface area contributed by atoms with Crippen LogP contribution in [0.15, 0.2) is 36.7 Å². The molecule has 1 heterocycles. The van der Waals surface area contributed by atoms with Gasteiger partial charge in [0.1, 0.15) is 5.82 Å². The number of aromatic nitrogens is 2. The van der Waals surface area contributed by atoms with Crippen molar-refractivity contribution >= 4 is 5.69 Å².